The van der Waals surface area contributed by atoms with Gasteiger partial charge in [0.15, 0.2) is 0 Å². The highest BCUT2D eigenvalue weighted by Crippen LogP contribution is 1.54. The third-order valence-electron chi connectivity index (χ3n) is 0.175. The Morgan fingerprint density at radius 2 is 1.86 bits per heavy atom. The third kappa shape index (κ3) is 30.7. The molecule has 0 unspecified atom stereocenters. The van der Waals surface area contributed by atoms with Gasteiger partial charge < -0.3 is 5.11 Å². The minimum Gasteiger partial charge on any atom is -0.478 e. The van der Waals surface area contributed by atoms with Gasteiger partial charge in [-0.05, 0) is 0 Å². The Labute approximate surface area is 46.0 Å². The van der Waals surface area contributed by atoms with Gasteiger partial charge in [-0.15, -0.1) is 0 Å². The predicted molar refractivity (Wildman–Crippen MR) is 25.9 cm³/mol. The first-order chi connectivity index (χ1) is 3.27. The van der Waals surface area contributed by atoms with Crippen molar-refractivity contribution in [2.75, 3.05) is 0 Å². The first-order valence-corrected chi connectivity index (χ1v) is 1.63. The zero-order chi connectivity index (χ0) is 6.28. The second-order valence-corrected chi connectivity index (χ2v) is 0.542. The van der Waals surface area contributed by atoms with Crippen molar-refractivity contribution in [3.8, 4) is 0 Å². The van der Waals surface area contributed by atoms with Crippen LogP contribution in [0.25, 0.3) is 0 Å². The lowest BCUT2D eigenvalue weighted by Crippen LogP contribution is -1.82. The van der Waals surface area contributed by atoms with Gasteiger partial charge in [-0.25, -0.2) is 4.79 Å². The number of rotatable bonds is 1. The van der Waals surface area contributed by atoms with Crippen molar-refractivity contribution >= 4 is 17.8 Å². The zero-order valence-electron chi connectivity index (χ0n) is 3.47. The van der Waals surface area contributed by atoms with E-state index >= 15 is 0 Å². The van der Waals surface area contributed by atoms with Crippen molar-refractivity contribution in [1.82, 2.24) is 0 Å². The maximum atomic E-state index is 9.25. The topological polar surface area (TPSA) is 57.5 Å². The molecule has 0 heterocycles. The lowest BCUT2D eigenvalue weighted by atomic mass is 10.7. The van der Waals surface area contributed by atoms with Gasteiger partial charge in [-0.2, -0.15) is 0 Å². The Hall–Kier alpha value is -0.540. The van der Waals surface area contributed by atoms with E-state index in [0.717, 1.165) is 6.08 Å². The minimum absolute atomic E-state index is 0.833. The molecule has 2 N–H and O–H groups in total. The zero-order valence-corrected chi connectivity index (χ0v) is 4.22. The molecule has 0 aromatic heterocycles. The third-order valence-corrected chi connectivity index (χ3v) is 0.175. The van der Waals surface area contributed by atoms with Crippen LogP contribution in [0.15, 0.2) is 12.7 Å². The van der Waals surface area contributed by atoms with Crippen molar-refractivity contribution in [1.29, 1.82) is 0 Å². The van der Waals surface area contributed by atoms with Gasteiger partial charge in [0, 0.05) is 6.08 Å². The minimum atomic E-state index is -0.981. The fraction of sp³-hybridized carbons (Fsp3) is 0. The van der Waals surface area contributed by atoms with Crippen LogP contribution in [0.5, 0.6) is 0 Å². The summed E-state index contributed by atoms with van der Waals surface area (Å²) in [6, 6.07) is 0. The largest absolute Gasteiger partial charge is 0.478 e. The molecule has 3 nitrogen and oxygen atoms in total. The summed E-state index contributed by atoms with van der Waals surface area (Å²) in [6.45, 7) is 2.96. The summed E-state index contributed by atoms with van der Waals surface area (Å²) in [5.74, 6) is -0.981. The van der Waals surface area contributed by atoms with Crippen LogP contribution in [0.2, 0.25) is 0 Å². The van der Waals surface area contributed by atoms with Gasteiger partial charge in [0.2, 0.25) is 0 Å². The van der Waals surface area contributed by atoms with Crippen molar-refractivity contribution in [3.63, 3.8) is 0 Å². The number of carboxylic acid groups (broad SMARTS) is 1. The summed E-state index contributed by atoms with van der Waals surface area (Å²) in [5, 5.41) is 7.60. The molecular formula is C3H5ClO3. The van der Waals surface area contributed by atoms with Crippen LogP contribution in [-0.2, 0) is 4.79 Å². The molecule has 42 valence electrons. The normalized spacial score (nSPS) is 5.43. The van der Waals surface area contributed by atoms with E-state index in [4.69, 9.17) is 9.77 Å². The number of hydrogen-bond donors (Lipinski definition) is 2. The first kappa shape index (κ1) is 9.68. The average Bonchev–Trinajstić information content (AvgIpc) is 1.73. The molecule has 0 aromatic rings. The molecule has 0 aliphatic rings. The Kier molecular flexibility index (Phi) is 12.5. The highest BCUT2D eigenvalue weighted by atomic mass is 35.5. The molecule has 0 bridgehead atoms. The summed E-state index contributed by atoms with van der Waals surface area (Å²) in [6.07, 6.45) is 0.833. The van der Waals surface area contributed by atoms with Crippen molar-refractivity contribution in [2.45, 2.75) is 0 Å². The quantitative estimate of drug-likeness (QED) is 0.497. The van der Waals surface area contributed by atoms with Crippen LogP contribution < -0.4 is 0 Å². The Morgan fingerprint density at radius 3 is 1.86 bits per heavy atom. The Bertz CT molecular complexity index is 61.2. The van der Waals surface area contributed by atoms with Gasteiger partial charge in [0.05, 0.1) is 11.9 Å². The fourth-order valence-corrected chi connectivity index (χ4v) is 0. The number of halogens is 1. The van der Waals surface area contributed by atoms with Crippen LogP contribution >= 0.6 is 11.9 Å². The van der Waals surface area contributed by atoms with Gasteiger partial charge in [-0.1, -0.05) is 6.58 Å². The van der Waals surface area contributed by atoms with Gasteiger partial charge in [0.1, 0.15) is 0 Å². The lowest BCUT2D eigenvalue weighted by molar-refractivity contribution is -0.131. The molecule has 0 saturated carbocycles. The number of hydrogen-bond acceptors (Lipinski definition) is 2. The monoisotopic (exact) mass is 124 g/mol. The van der Waals surface area contributed by atoms with Crippen LogP contribution in [0.3, 0.4) is 0 Å². The molecule has 0 radical (unpaired) electrons. The van der Waals surface area contributed by atoms with Gasteiger partial charge >= 0.3 is 5.97 Å². The first-order valence-electron chi connectivity index (χ1n) is 1.29. The Balaban J connectivity index is 0. The molecule has 0 aromatic carbocycles. The van der Waals surface area contributed by atoms with E-state index in [9.17, 15) is 4.79 Å². The summed E-state index contributed by atoms with van der Waals surface area (Å²) >= 11 is 3.64. The van der Waals surface area contributed by atoms with Crippen LogP contribution in [-0.4, -0.2) is 15.7 Å². The van der Waals surface area contributed by atoms with Crippen molar-refractivity contribution in [2.24, 2.45) is 0 Å². The highest BCUT2D eigenvalue weighted by Gasteiger charge is 1.73. The summed E-state index contributed by atoms with van der Waals surface area (Å²) < 4.78 is 6.47. The number of carbonyl (C=O) groups is 1. The van der Waals surface area contributed by atoms with Gasteiger partial charge in [-0.3, -0.25) is 4.66 Å². The summed E-state index contributed by atoms with van der Waals surface area (Å²) in [7, 11) is 0. The smallest absolute Gasteiger partial charge is 0.327 e. The molecule has 0 fully saturated rings. The van der Waals surface area contributed by atoms with Crippen LogP contribution in [0.4, 0.5) is 0 Å². The fourth-order valence-electron chi connectivity index (χ4n) is 0. The molecule has 0 aliphatic carbocycles. The SMILES string of the molecule is C=CC(=O)O.OCl. The van der Waals surface area contributed by atoms with Gasteiger partial charge in [0.25, 0.3) is 0 Å². The molecule has 0 spiro atoms. The molecule has 0 atom stereocenters. The average molecular weight is 125 g/mol. The van der Waals surface area contributed by atoms with E-state index in [1.807, 2.05) is 0 Å². The van der Waals surface area contributed by atoms with E-state index < -0.39 is 5.97 Å². The molecular weight excluding hydrogens is 119 g/mol. The van der Waals surface area contributed by atoms with E-state index in [0.29, 0.717) is 0 Å². The van der Waals surface area contributed by atoms with Crippen molar-refractivity contribution in [3.05, 3.63) is 12.7 Å². The summed E-state index contributed by atoms with van der Waals surface area (Å²) in [4.78, 5) is 9.25. The van der Waals surface area contributed by atoms with E-state index in [2.05, 4.69) is 18.4 Å². The molecule has 4 heteroatoms. The van der Waals surface area contributed by atoms with E-state index in [1.165, 1.54) is 0 Å². The van der Waals surface area contributed by atoms with Crippen LogP contribution in [0.1, 0.15) is 0 Å². The van der Waals surface area contributed by atoms with Crippen LogP contribution in [0, 0.1) is 0 Å². The second kappa shape index (κ2) is 9.07. The van der Waals surface area contributed by atoms with E-state index in [-0.39, 0.29) is 0 Å². The standard InChI is InChI=1S/C3H4O2.ClHO/c1-2-3(4)5;1-2/h2H,1H2,(H,4,5);2H. The maximum Gasteiger partial charge on any atom is 0.327 e. The highest BCUT2D eigenvalue weighted by molar-refractivity contribution is 6.04. The Morgan fingerprint density at radius 1 is 1.71 bits per heavy atom. The molecule has 0 saturated heterocycles. The lowest BCUT2D eigenvalue weighted by Gasteiger charge is -1.64. The number of aliphatic carboxylic acids is 1. The summed E-state index contributed by atoms with van der Waals surface area (Å²) in [5.41, 5.74) is 0. The van der Waals surface area contributed by atoms with Crippen molar-refractivity contribution < 1.29 is 14.6 Å². The number of carboxylic acids is 1. The molecule has 0 amide bonds. The predicted octanol–water partition coefficient (Wildman–Crippen LogP) is 0.390. The maximum absolute atomic E-state index is 9.25. The molecule has 7 heavy (non-hydrogen) atoms. The second-order valence-electron chi connectivity index (χ2n) is 0.542. The molecule has 0 rings (SSSR count). The van der Waals surface area contributed by atoms with E-state index in [1.54, 1.807) is 0 Å². The molecule has 0 aliphatic heterocycles.